The van der Waals surface area contributed by atoms with E-state index >= 15 is 0 Å². The lowest BCUT2D eigenvalue weighted by Gasteiger charge is -2.23. The van der Waals surface area contributed by atoms with E-state index in [9.17, 15) is 9.46 Å². The number of halogens is 4. The van der Waals surface area contributed by atoms with Crippen LogP contribution in [0.15, 0.2) is 0 Å². The van der Waals surface area contributed by atoms with Crippen molar-refractivity contribution in [1.82, 2.24) is 0 Å². The minimum absolute atomic E-state index is 0.232. The fourth-order valence-corrected chi connectivity index (χ4v) is 3.26. The van der Waals surface area contributed by atoms with Crippen LogP contribution in [-0.2, 0) is 13.6 Å². The summed E-state index contributed by atoms with van der Waals surface area (Å²) in [6.07, 6.45) is 0.671. The Bertz CT molecular complexity index is 241. The first-order valence-corrected chi connectivity index (χ1v) is 8.07. The predicted molar refractivity (Wildman–Crippen MR) is 67.8 cm³/mol. The van der Waals surface area contributed by atoms with Gasteiger partial charge in [-0.05, 0) is 38.3 Å². The topological polar surface area (TPSA) is 55.8 Å². The SMILES string of the molecule is CCC(Br)(Br)OP(=O)(O)OC(Cl)CCCl. The van der Waals surface area contributed by atoms with Crippen LogP contribution in [0.5, 0.6) is 0 Å². The molecular weight excluding hydrogens is 398 g/mol. The van der Waals surface area contributed by atoms with Gasteiger partial charge >= 0.3 is 7.82 Å². The molecule has 15 heavy (non-hydrogen) atoms. The smallest absolute Gasteiger partial charge is 0.302 e. The summed E-state index contributed by atoms with van der Waals surface area (Å²) in [5.74, 6) is 0.232. The number of phosphoric acid groups is 1. The summed E-state index contributed by atoms with van der Waals surface area (Å²) in [7, 11) is -4.20. The Labute approximate surface area is 115 Å². The maximum absolute atomic E-state index is 11.4. The molecule has 0 heterocycles. The molecule has 0 aliphatic carbocycles. The van der Waals surface area contributed by atoms with Gasteiger partial charge in [-0.25, -0.2) is 4.57 Å². The number of phosphoric ester groups is 1. The number of alkyl halides is 4. The van der Waals surface area contributed by atoms with Gasteiger partial charge in [0.25, 0.3) is 0 Å². The standard InChI is InChI=1S/C6H11Br2Cl2O4P/c1-2-6(7,8)14-15(11,12)13-5(10)3-4-9/h5H,2-4H2,1H3,(H,11,12). The Kier molecular flexibility index (Phi) is 7.95. The number of hydrogen-bond donors (Lipinski definition) is 1. The lowest BCUT2D eigenvalue weighted by atomic mass is 10.5. The van der Waals surface area contributed by atoms with Crippen LogP contribution in [0.1, 0.15) is 19.8 Å². The van der Waals surface area contributed by atoms with Crippen molar-refractivity contribution in [2.24, 2.45) is 0 Å². The van der Waals surface area contributed by atoms with Crippen LogP contribution in [0.3, 0.4) is 0 Å². The van der Waals surface area contributed by atoms with E-state index in [2.05, 4.69) is 36.4 Å². The molecule has 2 atom stereocenters. The summed E-state index contributed by atoms with van der Waals surface area (Å²) in [6, 6.07) is 0. The fraction of sp³-hybridized carbons (Fsp3) is 1.00. The quantitative estimate of drug-likeness (QED) is 0.507. The largest absolute Gasteiger partial charge is 0.475 e. The monoisotopic (exact) mass is 406 g/mol. The molecule has 0 fully saturated rings. The molecule has 0 aromatic rings. The van der Waals surface area contributed by atoms with Gasteiger partial charge in [0.1, 0.15) is 5.56 Å². The molecular formula is C6H11Br2Cl2O4P. The second kappa shape index (κ2) is 7.17. The van der Waals surface area contributed by atoms with Crippen LogP contribution >= 0.6 is 62.9 Å². The van der Waals surface area contributed by atoms with Gasteiger partial charge in [0.15, 0.2) is 3.42 Å². The van der Waals surface area contributed by atoms with Gasteiger partial charge in [-0.2, -0.15) is 0 Å². The average Bonchev–Trinajstić information content (AvgIpc) is 2.01. The van der Waals surface area contributed by atoms with Crippen LogP contribution in [0.4, 0.5) is 0 Å². The van der Waals surface area contributed by atoms with Crippen molar-refractivity contribution in [3.05, 3.63) is 0 Å². The first-order chi connectivity index (χ1) is 6.72. The highest BCUT2D eigenvalue weighted by molar-refractivity contribution is 9.25. The van der Waals surface area contributed by atoms with Crippen molar-refractivity contribution >= 4 is 62.9 Å². The molecule has 0 rings (SSSR count). The molecule has 4 nitrogen and oxygen atoms in total. The lowest BCUT2D eigenvalue weighted by molar-refractivity contribution is 0.119. The molecule has 0 radical (unpaired) electrons. The zero-order chi connectivity index (χ0) is 12.1. The highest BCUT2D eigenvalue weighted by Gasteiger charge is 2.35. The first-order valence-electron chi connectivity index (χ1n) is 4.02. The Morgan fingerprint density at radius 2 is 2.13 bits per heavy atom. The second-order valence-corrected chi connectivity index (χ2v) is 8.37. The van der Waals surface area contributed by atoms with E-state index in [-0.39, 0.29) is 12.3 Å². The number of rotatable bonds is 7. The van der Waals surface area contributed by atoms with Gasteiger partial charge in [0.2, 0.25) is 0 Å². The third kappa shape index (κ3) is 8.38. The van der Waals surface area contributed by atoms with Crippen molar-refractivity contribution in [3.63, 3.8) is 0 Å². The lowest BCUT2D eigenvalue weighted by Crippen LogP contribution is -2.16. The highest BCUT2D eigenvalue weighted by Crippen LogP contribution is 2.53. The van der Waals surface area contributed by atoms with Gasteiger partial charge < -0.3 is 4.89 Å². The molecule has 9 heteroatoms. The Morgan fingerprint density at radius 3 is 2.53 bits per heavy atom. The minimum atomic E-state index is -4.20. The molecule has 92 valence electrons. The molecule has 0 aliphatic rings. The van der Waals surface area contributed by atoms with Crippen LogP contribution in [0.25, 0.3) is 0 Å². The van der Waals surface area contributed by atoms with Crippen molar-refractivity contribution in [2.45, 2.75) is 28.7 Å². The molecule has 0 saturated carbocycles. The van der Waals surface area contributed by atoms with Gasteiger partial charge in [-0.1, -0.05) is 18.5 Å². The summed E-state index contributed by atoms with van der Waals surface area (Å²) in [5.41, 5.74) is -0.953. The summed E-state index contributed by atoms with van der Waals surface area (Å²) >= 11 is 17.1. The Morgan fingerprint density at radius 1 is 1.60 bits per heavy atom. The fourth-order valence-electron chi connectivity index (χ4n) is 0.538. The zero-order valence-electron chi connectivity index (χ0n) is 7.83. The van der Waals surface area contributed by atoms with Crippen molar-refractivity contribution in [2.75, 3.05) is 5.88 Å². The van der Waals surface area contributed by atoms with Crippen molar-refractivity contribution in [1.29, 1.82) is 0 Å². The minimum Gasteiger partial charge on any atom is -0.302 e. The molecule has 0 aromatic carbocycles. The van der Waals surface area contributed by atoms with E-state index in [0.717, 1.165) is 0 Å². The molecule has 0 saturated heterocycles. The average molecular weight is 409 g/mol. The van der Waals surface area contributed by atoms with Gasteiger partial charge in [-0.3, -0.25) is 9.05 Å². The van der Waals surface area contributed by atoms with Crippen LogP contribution in [0.2, 0.25) is 0 Å². The molecule has 0 spiro atoms. The van der Waals surface area contributed by atoms with Gasteiger partial charge in [0, 0.05) is 12.3 Å². The van der Waals surface area contributed by atoms with E-state index in [1.807, 2.05) is 0 Å². The summed E-state index contributed by atoms with van der Waals surface area (Å²) in [6.45, 7) is 1.75. The summed E-state index contributed by atoms with van der Waals surface area (Å²) in [4.78, 5) is 9.30. The van der Waals surface area contributed by atoms with Crippen LogP contribution in [-0.4, -0.2) is 19.8 Å². The van der Waals surface area contributed by atoms with E-state index < -0.39 is 16.8 Å². The molecule has 1 N–H and O–H groups in total. The number of hydrogen-bond acceptors (Lipinski definition) is 3. The maximum Gasteiger partial charge on any atom is 0.475 e. The van der Waals surface area contributed by atoms with Crippen molar-refractivity contribution < 1.29 is 18.5 Å². The van der Waals surface area contributed by atoms with E-state index in [0.29, 0.717) is 6.42 Å². The summed E-state index contributed by atoms with van der Waals surface area (Å²) in [5, 5.41) is 0. The normalized spacial score (nSPS) is 18.5. The van der Waals surface area contributed by atoms with Gasteiger partial charge in [0.05, 0.1) is 0 Å². The third-order valence-electron chi connectivity index (χ3n) is 1.24. The van der Waals surface area contributed by atoms with Gasteiger partial charge in [-0.15, -0.1) is 11.6 Å². The second-order valence-electron chi connectivity index (χ2n) is 2.54. The Hall–Kier alpha value is 1.65. The molecule has 0 bridgehead atoms. The highest BCUT2D eigenvalue weighted by atomic mass is 79.9. The zero-order valence-corrected chi connectivity index (χ0v) is 13.4. The third-order valence-corrected chi connectivity index (χ3v) is 4.90. The maximum atomic E-state index is 11.4. The van der Waals surface area contributed by atoms with E-state index in [1.54, 1.807) is 6.92 Å². The predicted octanol–water partition coefficient (Wildman–Crippen LogP) is 4.17. The van der Waals surface area contributed by atoms with E-state index in [1.165, 1.54) is 0 Å². The Balaban J connectivity index is 4.24. The summed E-state index contributed by atoms with van der Waals surface area (Å²) < 4.78 is 19.7. The van der Waals surface area contributed by atoms with Crippen LogP contribution in [0, 0.1) is 0 Å². The molecule has 0 amide bonds. The van der Waals surface area contributed by atoms with Crippen LogP contribution < -0.4 is 0 Å². The molecule has 2 unspecified atom stereocenters. The molecule has 0 aliphatic heterocycles. The van der Waals surface area contributed by atoms with E-state index in [4.69, 9.17) is 27.7 Å². The first kappa shape index (κ1) is 16.6. The van der Waals surface area contributed by atoms with Crippen molar-refractivity contribution in [3.8, 4) is 0 Å². The molecule has 0 aromatic heterocycles.